The molecule has 0 bridgehead atoms. The molecule has 0 aliphatic carbocycles. The number of nitrogens with zero attached hydrogens (tertiary/aromatic N) is 2. The number of aromatic nitrogens is 1. The third-order valence-electron chi connectivity index (χ3n) is 2.19. The Morgan fingerprint density at radius 1 is 1.40 bits per heavy atom. The van der Waals surface area contributed by atoms with Gasteiger partial charge >= 0.3 is 0 Å². The molecule has 2 aromatic rings. The van der Waals surface area contributed by atoms with Gasteiger partial charge in [-0.05, 0) is 12.1 Å². The highest BCUT2D eigenvalue weighted by Crippen LogP contribution is 2.37. The van der Waals surface area contributed by atoms with E-state index in [-0.39, 0.29) is 0 Å². The summed E-state index contributed by atoms with van der Waals surface area (Å²) < 4.78 is 6.19. The SMILES string of the molecule is COc1nc2c(N)ccc(N(C)C)c2s1. The maximum absolute atomic E-state index is 5.86. The summed E-state index contributed by atoms with van der Waals surface area (Å²) in [6.45, 7) is 0. The van der Waals surface area contributed by atoms with Gasteiger partial charge in [-0.2, -0.15) is 0 Å². The molecule has 1 heterocycles. The number of anilines is 2. The third-order valence-corrected chi connectivity index (χ3v) is 3.23. The molecule has 80 valence electrons. The Bertz CT molecular complexity index is 493. The first-order chi connectivity index (χ1) is 7.13. The van der Waals surface area contributed by atoms with Crippen LogP contribution in [0.1, 0.15) is 0 Å². The van der Waals surface area contributed by atoms with Crippen LogP contribution in [-0.4, -0.2) is 26.2 Å². The van der Waals surface area contributed by atoms with E-state index in [0.29, 0.717) is 10.9 Å². The summed E-state index contributed by atoms with van der Waals surface area (Å²) in [5.74, 6) is 0. The molecule has 0 fully saturated rings. The van der Waals surface area contributed by atoms with Crippen molar-refractivity contribution in [2.75, 3.05) is 31.8 Å². The van der Waals surface area contributed by atoms with E-state index in [0.717, 1.165) is 15.9 Å². The molecule has 15 heavy (non-hydrogen) atoms. The van der Waals surface area contributed by atoms with E-state index in [4.69, 9.17) is 10.5 Å². The number of hydrogen-bond donors (Lipinski definition) is 1. The maximum Gasteiger partial charge on any atom is 0.274 e. The van der Waals surface area contributed by atoms with Crippen molar-refractivity contribution in [2.24, 2.45) is 0 Å². The average Bonchev–Trinajstić information content (AvgIpc) is 2.62. The fraction of sp³-hybridized carbons (Fsp3) is 0.300. The molecule has 2 rings (SSSR count). The van der Waals surface area contributed by atoms with E-state index >= 15 is 0 Å². The van der Waals surface area contributed by atoms with E-state index in [1.54, 1.807) is 7.11 Å². The predicted octanol–water partition coefficient (Wildman–Crippen LogP) is 1.95. The highest BCUT2D eigenvalue weighted by molar-refractivity contribution is 7.21. The van der Waals surface area contributed by atoms with E-state index < -0.39 is 0 Å². The summed E-state index contributed by atoms with van der Waals surface area (Å²) in [6.07, 6.45) is 0. The zero-order chi connectivity index (χ0) is 11.0. The van der Waals surface area contributed by atoms with Crippen LogP contribution in [0.25, 0.3) is 10.2 Å². The minimum atomic E-state index is 0.644. The van der Waals surface area contributed by atoms with Crippen LogP contribution in [0, 0.1) is 0 Å². The molecule has 0 spiro atoms. The first-order valence-corrected chi connectivity index (χ1v) is 5.35. The number of methoxy groups -OCH3 is 1. The molecule has 0 radical (unpaired) electrons. The normalized spacial score (nSPS) is 10.6. The zero-order valence-corrected chi connectivity index (χ0v) is 9.76. The molecule has 2 N–H and O–H groups in total. The first-order valence-electron chi connectivity index (χ1n) is 4.54. The predicted molar refractivity (Wildman–Crippen MR) is 64.9 cm³/mol. The smallest absolute Gasteiger partial charge is 0.274 e. The summed E-state index contributed by atoms with van der Waals surface area (Å²) in [4.78, 5) is 6.36. The van der Waals surface area contributed by atoms with Crippen LogP contribution < -0.4 is 15.4 Å². The molecule has 0 aliphatic rings. The fourth-order valence-corrected chi connectivity index (χ4v) is 2.44. The van der Waals surface area contributed by atoms with Crippen LogP contribution in [0.3, 0.4) is 0 Å². The molecular formula is C10H13N3OS. The minimum absolute atomic E-state index is 0.644. The molecule has 0 saturated carbocycles. The van der Waals surface area contributed by atoms with Crippen molar-refractivity contribution in [1.29, 1.82) is 0 Å². The van der Waals surface area contributed by atoms with Crippen molar-refractivity contribution in [2.45, 2.75) is 0 Å². The molecule has 1 aromatic carbocycles. The largest absolute Gasteiger partial charge is 0.473 e. The summed E-state index contributed by atoms with van der Waals surface area (Å²) in [7, 11) is 5.61. The Labute approximate surface area is 92.3 Å². The Morgan fingerprint density at radius 3 is 2.73 bits per heavy atom. The quantitative estimate of drug-likeness (QED) is 0.791. The van der Waals surface area contributed by atoms with E-state index in [1.165, 1.54) is 11.3 Å². The highest BCUT2D eigenvalue weighted by atomic mass is 32.1. The molecule has 4 nitrogen and oxygen atoms in total. The van der Waals surface area contributed by atoms with Gasteiger partial charge in [-0.3, -0.25) is 0 Å². The number of hydrogen-bond acceptors (Lipinski definition) is 5. The summed E-state index contributed by atoms with van der Waals surface area (Å²) >= 11 is 1.51. The highest BCUT2D eigenvalue weighted by Gasteiger charge is 2.12. The Kier molecular flexibility index (Phi) is 2.40. The number of rotatable bonds is 2. The number of benzene rings is 1. The first kappa shape index (κ1) is 10.0. The van der Waals surface area contributed by atoms with E-state index in [2.05, 4.69) is 4.98 Å². The van der Waals surface area contributed by atoms with Gasteiger partial charge in [-0.1, -0.05) is 11.3 Å². The van der Waals surface area contributed by atoms with Crippen molar-refractivity contribution in [3.63, 3.8) is 0 Å². The van der Waals surface area contributed by atoms with Gasteiger partial charge < -0.3 is 15.4 Å². The minimum Gasteiger partial charge on any atom is -0.473 e. The average molecular weight is 223 g/mol. The molecule has 5 heteroatoms. The lowest BCUT2D eigenvalue weighted by Crippen LogP contribution is -2.08. The van der Waals surface area contributed by atoms with Gasteiger partial charge in [0.15, 0.2) is 0 Å². The number of fused-ring (bicyclic) bond motifs is 1. The molecule has 0 aliphatic heterocycles. The zero-order valence-electron chi connectivity index (χ0n) is 8.94. The second-order valence-electron chi connectivity index (χ2n) is 3.43. The number of ether oxygens (including phenoxy) is 1. The van der Waals surface area contributed by atoms with Gasteiger partial charge in [0.1, 0.15) is 5.52 Å². The number of thiazole rings is 1. The molecule has 0 saturated heterocycles. The summed E-state index contributed by atoms with van der Waals surface area (Å²) in [5, 5.41) is 0.644. The lowest BCUT2D eigenvalue weighted by Gasteiger charge is -2.13. The molecule has 0 atom stereocenters. The Morgan fingerprint density at radius 2 is 2.13 bits per heavy atom. The number of nitrogen functional groups attached to an aromatic ring is 1. The van der Waals surface area contributed by atoms with Gasteiger partial charge in [0.2, 0.25) is 0 Å². The van der Waals surface area contributed by atoms with Crippen LogP contribution >= 0.6 is 11.3 Å². The maximum atomic E-state index is 5.86. The van der Waals surface area contributed by atoms with Crippen LogP contribution in [-0.2, 0) is 0 Å². The lowest BCUT2D eigenvalue weighted by atomic mass is 10.2. The Hall–Kier alpha value is -1.49. The topological polar surface area (TPSA) is 51.4 Å². The van der Waals surface area contributed by atoms with Gasteiger partial charge in [0.05, 0.1) is 23.2 Å². The summed E-state index contributed by atoms with van der Waals surface area (Å²) in [6, 6.07) is 3.87. The number of nitrogens with two attached hydrogens (primary N) is 1. The van der Waals surface area contributed by atoms with Crippen LogP contribution in [0.15, 0.2) is 12.1 Å². The van der Waals surface area contributed by atoms with Crippen molar-refractivity contribution < 1.29 is 4.74 Å². The van der Waals surface area contributed by atoms with Crippen LogP contribution in [0.2, 0.25) is 0 Å². The van der Waals surface area contributed by atoms with Gasteiger partial charge in [0, 0.05) is 14.1 Å². The van der Waals surface area contributed by atoms with Crippen LogP contribution in [0.4, 0.5) is 11.4 Å². The molecule has 1 aromatic heterocycles. The van der Waals surface area contributed by atoms with Crippen molar-refractivity contribution in [1.82, 2.24) is 4.98 Å². The Balaban J connectivity index is 2.74. The standard InChI is InChI=1S/C10H13N3OS/c1-13(2)7-5-4-6(11)8-9(7)15-10(12-8)14-3/h4-5H,11H2,1-3H3. The van der Waals surface area contributed by atoms with Gasteiger partial charge in [0.25, 0.3) is 5.19 Å². The van der Waals surface area contributed by atoms with Crippen molar-refractivity contribution in [3.8, 4) is 5.19 Å². The second kappa shape index (κ2) is 3.58. The fourth-order valence-electron chi connectivity index (χ4n) is 1.43. The molecular weight excluding hydrogens is 210 g/mol. The second-order valence-corrected chi connectivity index (χ2v) is 4.39. The van der Waals surface area contributed by atoms with Crippen LogP contribution in [0.5, 0.6) is 5.19 Å². The van der Waals surface area contributed by atoms with Crippen molar-refractivity contribution in [3.05, 3.63) is 12.1 Å². The molecule has 0 amide bonds. The van der Waals surface area contributed by atoms with E-state index in [1.807, 2.05) is 31.1 Å². The molecule has 0 unspecified atom stereocenters. The van der Waals surface area contributed by atoms with E-state index in [9.17, 15) is 0 Å². The third kappa shape index (κ3) is 1.59. The van der Waals surface area contributed by atoms with Gasteiger partial charge in [-0.25, -0.2) is 4.98 Å². The lowest BCUT2D eigenvalue weighted by molar-refractivity contribution is 0.413. The monoisotopic (exact) mass is 223 g/mol. The summed E-state index contributed by atoms with van der Waals surface area (Å²) in [5.41, 5.74) is 8.49. The van der Waals surface area contributed by atoms with Crippen molar-refractivity contribution >= 4 is 32.9 Å². The van der Waals surface area contributed by atoms with Gasteiger partial charge in [-0.15, -0.1) is 0 Å².